The summed E-state index contributed by atoms with van der Waals surface area (Å²) >= 11 is 3.77. The van der Waals surface area contributed by atoms with Crippen molar-refractivity contribution in [2.45, 2.75) is 13.3 Å². The van der Waals surface area contributed by atoms with Crippen LogP contribution in [0, 0.1) is 5.92 Å². The fourth-order valence-electron chi connectivity index (χ4n) is 1.39. The van der Waals surface area contributed by atoms with Crippen molar-refractivity contribution in [3.05, 3.63) is 36.2 Å². The fourth-order valence-corrected chi connectivity index (χ4v) is 1.48. The Balaban J connectivity index is 2.14. The number of hydrogen-bond acceptors (Lipinski definition) is 4. The number of thiol groups is 1. The summed E-state index contributed by atoms with van der Waals surface area (Å²) in [6.07, 6.45) is 0.419. The van der Waals surface area contributed by atoms with Gasteiger partial charge in [0.05, 0.1) is 0 Å². The Morgan fingerprint density at radius 1 is 1.41 bits per heavy atom. The van der Waals surface area contributed by atoms with Crippen LogP contribution in [-0.4, -0.2) is 15.3 Å². The summed E-state index contributed by atoms with van der Waals surface area (Å²) in [6.45, 7) is 1.78. The molecule has 1 unspecified atom stereocenters. The molecule has 88 valence electrons. The third-order valence-electron chi connectivity index (χ3n) is 2.40. The molecule has 0 fully saturated rings. The zero-order valence-electron chi connectivity index (χ0n) is 9.33. The second-order valence-corrected chi connectivity index (χ2v) is 4.26. The molecule has 4 nitrogen and oxygen atoms in total. The van der Waals surface area contributed by atoms with E-state index in [4.69, 9.17) is 4.52 Å². The van der Waals surface area contributed by atoms with Gasteiger partial charge < -0.3 is 4.52 Å². The molecular formula is C12H12N2O2S. The van der Waals surface area contributed by atoms with E-state index in [-0.39, 0.29) is 11.0 Å². The van der Waals surface area contributed by atoms with Crippen molar-refractivity contribution in [2.75, 3.05) is 0 Å². The fraction of sp³-hybridized carbons (Fsp3) is 0.250. The smallest absolute Gasteiger partial charge is 0.227 e. The maximum absolute atomic E-state index is 11.0. The molecule has 2 aromatic rings. The topological polar surface area (TPSA) is 56.0 Å². The van der Waals surface area contributed by atoms with Crippen LogP contribution in [0.5, 0.6) is 0 Å². The molecule has 2 rings (SSSR count). The van der Waals surface area contributed by atoms with Crippen LogP contribution in [0.1, 0.15) is 12.8 Å². The average Bonchev–Trinajstić information content (AvgIpc) is 2.78. The number of carbonyl (C=O) groups is 1. The molecule has 1 atom stereocenters. The summed E-state index contributed by atoms with van der Waals surface area (Å²) in [7, 11) is 0. The molecule has 0 radical (unpaired) electrons. The molecule has 0 N–H and O–H groups in total. The number of hydrogen-bond donors (Lipinski definition) is 1. The molecule has 0 saturated heterocycles. The number of benzene rings is 1. The lowest BCUT2D eigenvalue weighted by atomic mass is 10.1. The first-order valence-corrected chi connectivity index (χ1v) is 5.72. The Kier molecular flexibility index (Phi) is 3.58. The van der Waals surface area contributed by atoms with E-state index in [9.17, 15) is 4.79 Å². The minimum absolute atomic E-state index is 0.176. The molecule has 1 heterocycles. The molecule has 5 heteroatoms. The van der Waals surface area contributed by atoms with E-state index >= 15 is 0 Å². The van der Waals surface area contributed by atoms with E-state index in [1.807, 2.05) is 30.3 Å². The predicted octanol–water partition coefficient (Wildman–Crippen LogP) is 2.37. The normalized spacial score (nSPS) is 12.4. The maximum Gasteiger partial charge on any atom is 0.227 e. The summed E-state index contributed by atoms with van der Waals surface area (Å²) in [4.78, 5) is 15.2. The first kappa shape index (κ1) is 11.9. The summed E-state index contributed by atoms with van der Waals surface area (Å²) in [5.74, 6) is 0.778. The maximum atomic E-state index is 11.0. The highest BCUT2D eigenvalue weighted by molar-refractivity contribution is 7.96. The van der Waals surface area contributed by atoms with Gasteiger partial charge in [-0.25, -0.2) is 0 Å². The van der Waals surface area contributed by atoms with Gasteiger partial charge >= 0.3 is 0 Å². The second-order valence-electron chi connectivity index (χ2n) is 3.82. The van der Waals surface area contributed by atoms with Crippen molar-refractivity contribution in [3.63, 3.8) is 0 Å². The highest BCUT2D eigenvalue weighted by Gasteiger charge is 2.15. The molecule has 1 aromatic heterocycles. The van der Waals surface area contributed by atoms with Gasteiger partial charge in [0, 0.05) is 17.9 Å². The quantitative estimate of drug-likeness (QED) is 0.844. The summed E-state index contributed by atoms with van der Waals surface area (Å²) < 4.78 is 5.09. The molecule has 17 heavy (non-hydrogen) atoms. The molecular weight excluding hydrogens is 236 g/mol. The van der Waals surface area contributed by atoms with Crippen molar-refractivity contribution in [1.29, 1.82) is 0 Å². The van der Waals surface area contributed by atoms with E-state index in [0.717, 1.165) is 5.56 Å². The van der Waals surface area contributed by atoms with Crippen molar-refractivity contribution in [2.24, 2.45) is 5.92 Å². The van der Waals surface area contributed by atoms with E-state index in [0.29, 0.717) is 18.1 Å². The minimum atomic E-state index is -0.220. The average molecular weight is 248 g/mol. The molecule has 0 saturated carbocycles. The van der Waals surface area contributed by atoms with Crippen LogP contribution < -0.4 is 0 Å². The van der Waals surface area contributed by atoms with E-state index < -0.39 is 0 Å². The van der Waals surface area contributed by atoms with E-state index in [2.05, 4.69) is 22.8 Å². The number of aromatic nitrogens is 2. The molecule has 0 aliphatic heterocycles. The van der Waals surface area contributed by atoms with Crippen LogP contribution in [0.15, 0.2) is 34.9 Å². The number of nitrogens with zero attached hydrogens (tertiary/aromatic N) is 2. The first-order valence-electron chi connectivity index (χ1n) is 5.27. The third-order valence-corrected chi connectivity index (χ3v) is 2.84. The van der Waals surface area contributed by atoms with Gasteiger partial charge in [-0.1, -0.05) is 42.4 Å². The molecule has 0 bridgehead atoms. The molecule has 0 aliphatic rings. The van der Waals surface area contributed by atoms with E-state index in [1.165, 1.54) is 0 Å². The standard InChI is InChI=1S/C12H12N2O2S/c1-8(12(15)17)7-10-13-11(14-16-10)9-5-3-2-4-6-9/h2-6,8H,7H2,1H3,(H,15,17). The van der Waals surface area contributed by atoms with Crippen LogP contribution in [0.4, 0.5) is 0 Å². The summed E-state index contributed by atoms with van der Waals surface area (Å²) in [6, 6.07) is 9.55. The Labute approximate surface area is 104 Å². The first-order chi connectivity index (χ1) is 8.16. The van der Waals surface area contributed by atoms with Gasteiger partial charge in [0.25, 0.3) is 0 Å². The Bertz CT molecular complexity index is 510. The van der Waals surface area contributed by atoms with Crippen molar-refractivity contribution in [1.82, 2.24) is 10.1 Å². The van der Waals surface area contributed by atoms with Gasteiger partial charge in [-0.2, -0.15) is 4.98 Å². The number of rotatable bonds is 4. The van der Waals surface area contributed by atoms with Crippen LogP contribution in [-0.2, 0) is 11.2 Å². The SMILES string of the molecule is CC(Cc1nc(-c2ccccc2)no1)C(=O)S. The lowest BCUT2D eigenvalue weighted by Crippen LogP contribution is -2.07. The highest BCUT2D eigenvalue weighted by atomic mass is 32.1. The van der Waals surface area contributed by atoms with Gasteiger partial charge in [-0.3, -0.25) is 4.79 Å². The molecule has 1 aromatic carbocycles. The predicted molar refractivity (Wildman–Crippen MR) is 66.6 cm³/mol. The molecule has 0 amide bonds. The van der Waals surface area contributed by atoms with Crippen LogP contribution >= 0.6 is 12.6 Å². The van der Waals surface area contributed by atoms with Crippen LogP contribution in [0.25, 0.3) is 11.4 Å². The van der Waals surface area contributed by atoms with Crippen LogP contribution in [0.3, 0.4) is 0 Å². The van der Waals surface area contributed by atoms with Gasteiger partial charge in [0.2, 0.25) is 11.7 Å². The van der Waals surface area contributed by atoms with Crippen molar-refractivity contribution < 1.29 is 9.32 Å². The Morgan fingerprint density at radius 3 is 2.76 bits per heavy atom. The monoisotopic (exact) mass is 248 g/mol. The van der Waals surface area contributed by atoms with Crippen LogP contribution in [0.2, 0.25) is 0 Å². The zero-order chi connectivity index (χ0) is 12.3. The second kappa shape index (κ2) is 5.14. The number of carbonyl (C=O) groups excluding carboxylic acids is 1. The van der Waals surface area contributed by atoms with Gasteiger partial charge in [-0.15, -0.1) is 12.6 Å². The van der Waals surface area contributed by atoms with Gasteiger partial charge in [-0.05, 0) is 0 Å². The molecule has 0 aliphatic carbocycles. The third kappa shape index (κ3) is 2.94. The summed E-state index contributed by atoms with van der Waals surface area (Å²) in [5, 5.41) is 3.70. The Hall–Kier alpha value is -1.62. The van der Waals surface area contributed by atoms with Gasteiger partial charge in [0.15, 0.2) is 5.12 Å². The Morgan fingerprint density at radius 2 is 2.12 bits per heavy atom. The van der Waals surface area contributed by atoms with Crippen molar-refractivity contribution in [3.8, 4) is 11.4 Å². The lowest BCUT2D eigenvalue weighted by Gasteiger charge is -2.00. The summed E-state index contributed by atoms with van der Waals surface area (Å²) in [5.41, 5.74) is 0.896. The van der Waals surface area contributed by atoms with E-state index in [1.54, 1.807) is 6.92 Å². The van der Waals surface area contributed by atoms with Crippen molar-refractivity contribution >= 4 is 17.7 Å². The highest BCUT2D eigenvalue weighted by Crippen LogP contribution is 2.16. The lowest BCUT2D eigenvalue weighted by molar-refractivity contribution is -0.113. The largest absolute Gasteiger partial charge is 0.339 e. The minimum Gasteiger partial charge on any atom is -0.339 e. The zero-order valence-corrected chi connectivity index (χ0v) is 10.2. The molecule has 0 spiro atoms. The van der Waals surface area contributed by atoms with Gasteiger partial charge in [0.1, 0.15) is 0 Å².